The van der Waals surface area contributed by atoms with Crippen molar-refractivity contribution in [1.29, 1.82) is 0 Å². The maximum absolute atomic E-state index is 14.3. The van der Waals surface area contributed by atoms with Crippen LogP contribution in [0.3, 0.4) is 0 Å². The van der Waals surface area contributed by atoms with E-state index in [1.165, 1.54) is 25.3 Å². The number of nitrogens with two attached hydrogens (primary N) is 1. The van der Waals surface area contributed by atoms with Crippen molar-refractivity contribution in [2.24, 2.45) is 17.7 Å². The quantitative estimate of drug-likeness (QED) is 0.640. The Hall–Kier alpha value is -1.13. The number of ether oxygens (including phenoxy) is 1. The molecule has 1 aromatic rings. The Morgan fingerprint density at radius 3 is 2.75 bits per heavy atom. The van der Waals surface area contributed by atoms with Gasteiger partial charge in [-0.2, -0.15) is 0 Å². The first-order chi connectivity index (χ1) is 9.71. The molecule has 0 aliphatic heterocycles. The number of benzene rings is 1. The SMILES string of the molecule is CCC1CCCCC1C(NN)c1ccc(OC)cc1F. The summed E-state index contributed by atoms with van der Waals surface area (Å²) < 4.78 is 19.3. The third-order valence-electron chi connectivity index (χ3n) is 4.64. The minimum Gasteiger partial charge on any atom is -0.497 e. The van der Waals surface area contributed by atoms with E-state index in [1.807, 2.05) is 0 Å². The average Bonchev–Trinajstić information content (AvgIpc) is 2.50. The van der Waals surface area contributed by atoms with Crippen LogP contribution in [0.15, 0.2) is 18.2 Å². The number of hydrogen-bond acceptors (Lipinski definition) is 3. The van der Waals surface area contributed by atoms with E-state index in [0.29, 0.717) is 23.1 Å². The Balaban J connectivity index is 2.26. The molecule has 1 fully saturated rings. The van der Waals surface area contributed by atoms with E-state index < -0.39 is 0 Å². The first kappa shape index (κ1) is 15.3. The molecule has 3 unspecified atom stereocenters. The van der Waals surface area contributed by atoms with Crippen molar-refractivity contribution >= 4 is 0 Å². The summed E-state index contributed by atoms with van der Waals surface area (Å²) in [6.45, 7) is 2.21. The monoisotopic (exact) mass is 280 g/mol. The number of hydrazine groups is 1. The molecule has 4 heteroatoms. The lowest BCUT2D eigenvalue weighted by Crippen LogP contribution is -2.38. The van der Waals surface area contributed by atoms with Crippen molar-refractivity contribution < 1.29 is 9.13 Å². The molecule has 20 heavy (non-hydrogen) atoms. The fourth-order valence-electron chi connectivity index (χ4n) is 3.51. The molecule has 0 amide bonds. The molecule has 0 spiro atoms. The summed E-state index contributed by atoms with van der Waals surface area (Å²) in [5, 5.41) is 0. The topological polar surface area (TPSA) is 47.3 Å². The van der Waals surface area contributed by atoms with E-state index in [0.717, 1.165) is 12.8 Å². The van der Waals surface area contributed by atoms with Gasteiger partial charge in [-0.05, 0) is 24.3 Å². The maximum Gasteiger partial charge on any atom is 0.131 e. The van der Waals surface area contributed by atoms with Crippen LogP contribution >= 0.6 is 0 Å². The predicted octanol–water partition coefficient (Wildman–Crippen LogP) is 3.56. The highest BCUT2D eigenvalue weighted by Gasteiger charge is 2.32. The van der Waals surface area contributed by atoms with Crippen molar-refractivity contribution in [1.82, 2.24) is 5.43 Å². The highest BCUT2D eigenvalue weighted by molar-refractivity contribution is 5.31. The molecule has 1 saturated carbocycles. The van der Waals surface area contributed by atoms with Gasteiger partial charge < -0.3 is 4.74 Å². The summed E-state index contributed by atoms with van der Waals surface area (Å²) in [5.74, 6) is 7.06. The van der Waals surface area contributed by atoms with Gasteiger partial charge in [0.25, 0.3) is 0 Å². The summed E-state index contributed by atoms with van der Waals surface area (Å²) in [6.07, 6.45) is 5.94. The summed E-state index contributed by atoms with van der Waals surface area (Å²) in [4.78, 5) is 0. The zero-order chi connectivity index (χ0) is 14.5. The second kappa shape index (κ2) is 7.04. The van der Waals surface area contributed by atoms with Crippen LogP contribution in [-0.4, -0.2) is 7.11 Å². The molecule has 0 aromatic heterocycles. The van der Waals surface area contributed by atoms with Gasteiger partial charge in [-0.1, -0.05) is 38.7 Å². The van der Waals surface area contributed by atoms with Crippen LogP contribution in [0.1, 0.15) is 50.6 Å². The fraction of sp³-hybridized carbons (Fsp3) is 0.625. The number of nitrogens with one attached hydrogen (secondary N) is 1. The number of hydrogen-bond donors (Lipinski definition) is 2. The zero-order valence-corrected chi connectivity index (χ0v) is 12.4. The molecule has 2 rings (SSSR count). The van der Waals surface area contributed by atoms with Crippen LogP contribution in [-0.2, 0) is 0 Å². The van der Waals surface area contributed by atoms with Gasteiger partial charge in [-0.25, -0.2) is 4.39 Å². The van der Waals surface area contributed by atoms with Crippen molar-refractivity contribution in [3.63, 3.8) is 0 Å². The van der Waals surface area contributed by atoms with Crippen LogP contribution in [0.2, 0.25) is 0 Å². The van der Waals surface area contributed by atoms with Gasteiger partial charge in [0.05, 0.1) is 13.2 Å². The lowest BCUT2D eigenvalue weighted by Gasteiger charge is -2.37. The van der Waals surface area contributed by atoms with E-state index >= 15 is 0 Å². The standard InChI is InChI=1S/C16H25FN2O/c1-3-11-6-4-5-7-13(11)16(19-18)14-9-8-12(20-2)10-15(14)17/h8-11,13,16,19H,3-7,18H2,1-2H3. The van der Waals surface area contributed by atoms with Crippen LogP contribution in [0, 0.1) is 17.7 Å². The molecule has 0 saturated heterocycles. The normalized spacial score (nSPS) is 24.4. The average molecular weight is 280 g/mol. The molecule has 3 atom stereocenters. The van der Waals surface area contributed by atoms with Gasteiger partial charge in [0.1, 0.15) is 11.6 Å². The summed E-state index contributed by atoms with van der Waals surface area (Å²) in [5.41, 5.74) is 3.50. The summed E-state index contributed by atoms with van der Waals surface area (Å²) in [6, 6.07) is 4.90. The van der Waals surface area contributed by atoms with E-state index in [-0.39, 0.29) is 11.9 Å². The smallest absolute Gasteiger partial charge is 0.131 e. The van der Waals surface area contributed by atoms with E-state index in [2.05, 4.69) is 12.3 Å². The van der Waals surface area contributed by atoms with E-state index in [9.17, 15) is 4.39 Å². The van der Waals surface area contributed by atoms with Crippen molar-refractivity contribution in [2.75, 3.05) is 7.11 Å². The Kier molecular flexibility index (Phi) is 5.38. The van der Waals surface area contributed by atoms with Crippen molar-refractivity contribution in [3.05, 3.63) is 29.6 Å². The first-order valence-electron chi connectivity index (χ1n) is 7.50. The van der Waals surface area contributed by atoms with Gasteiger partial charge in [0.15, 0.2) is 0 Å². The molecule has 0 bridgehead atoms. The first-order valence-corrected chi connectivity index (χ1v) is 7.50. The largest absolute Gasteiger partial charge is 0.497 e. The van der Waals surface area contributed by atoms with Gasteiger partial charge in [0.2, 0.25) is 0 Å². The zero-order valence-electron chi connectivity index (χ0n) is 12.4. The molecule has 0 heterocycles. The van der Waals surface area contributed by atoms with Crippen LogP contribution in [0.25, 0.3) is 0 Å². The summed E-state index contributed by atoms with van der Waals surface area (Å²) >= 11 is 0. The Morgan fingerprint density at radius 2 is 2.15 bits per heavy atom. The van der Waals surface area contributed by atoms with Crippen molar-refractivity contribution in [2.45, 2.75) is 45.1 Å². The van der Waals surface area contributed by atoms with E-state index in [4.69, 9.17) is 10.6 Å². The third-order valence-corrected chi connectivity index (χ3v) is 4.64. The molecular weight excluding hydrogens is 255 g/mol. The molecule has 0 radical (unpaired) electrons. The molecule has 1 aliphatic rings. The predicted molar refractivity (Wildman–Crippen MR) is 78.8 cm³/mol. The molecule has 1 aromatic carbocycles. The maximum atomic E-state index is 14.3. The van der Waals surface area contributed by atoms with E-state index in [1.54, 1.807) is 19.2 Å². The molecule has 1 aliphatic carbocycles. The van der Waals surface area contributed by atoms with Crippen LogP contribution in [0.5, 0.6) is 5.75 Å². The molecule has 3 nitrogen and oxygen atoms in total. The Bertz CT molecular complexity index is 438. The number of halogens is 1. The van der Waals surface area contributed by atoms with Crippen LogP contribution in [0.4, 0.5) is 4.39 Å². The third kappa shape index (κ3) is 3.13. The van der Waals surface area contributed by atoms with Gasteiger partial charge >= 0.3 is 0 Å². The Morgan fingerprint density at radius 1 is 1.40 bits per heavy atom. The molecular formula is C16H25FN2O. The lowest BCUT2D eigenvalue weighted by molar-refractivity contribution is 0.173. The fourth-order valence-corrected chi connectivity index (χ4v) is 3.51. The minimum atomic E-state index is -0.243. The summed E-state index contributed by atoms with van der Waals surface area (Å²) in [7, 11) is 1.54. The van der Waals surface area contributed by atoms with Gasteiger partial charge in [-0.3, -0.25) is 11.3 Å². The highest BCUT2D eigenvalue weighted by atomic mass is 19.1. The van der Waals surface area contributed by atoms with Gasteiger partial charge in [0, 0.05) is 11.6 Å². The minimum absolute atomic E-state index is 0.119. The highest BCUT2D eigenvalue weighted by Crippen LogP contribution is 2.40. The molecule has 3 N–H and O–H groups in total. The second-order valence-electron chi connectivity index (χ2n) is 5.65. The van der Waals surface area contributed by atoms with Gasteiger partial charge in [-0.15, -0.1) is 0 Å². The van der Waals surface area contributed by atoms with Crippen molar-refractivity contribution in [3.8, 4) is 5.75 Å². The van der Waals surface area contributed by atoms with Crippen LogP contribution < -0.4 is 16.0 Å². The lowest BCUT2D eigenvalue weighted by atomic mass is 9.72. The Labute approximate surface area is 120 Å². The number of rotatable bonds is 5. The number of methoxy groups -OCH3 is 1. The molecule has 112 valence electrons. The second-order valence-corrected chi connectivity index (χ2v) is 5.65.